The van der Waals surface area contributed by atoms with E-state index in [0.29, 0.717) is 18.2 Å². The van der Waals surface area contributed by atoms with E-state index in [4.69, 9.17) is 0 Å². The molecular formula is C19H20N4O2. The van der Waals surface area contributed by atoms with E-state index >= 15 is 0 Å². The third kappa shape index (κ3) is 2.03. The van der Waals surface area contributed by atoms with Gasteiger partial charge in [0.15, 0.2) is 5.69 Å². The van der Waals surface area contributed by atoms with Crippen molar-refractivity contribution in [1.29, 1.82) is 0 Å². The molecule has 0 spiro atoms. The van der Waals surface area contributed by atoms with E-state index in [1.54, 1.807) is 7.05 Å². The van der Waals surface area contributed by atoms with Crippen LogP contribution in [0.5, 0.6) is 0 Å². The predicted molar refractivity (Wildman–Crippen MR) is 101 cm³/mol. The van der Waals surface area contributed by atoms with E-state index < -0.39 is 0 Å². The minimum Gasteiger partial charge on any atom is -0.341 e. The van der Waals surface area contributed by atoms with Gasteiger partial charge in [0.05, 0.1) is 12.4 Å². The third-order valence-electron chi connectivity index (χ3n) is 4.97. The summed E-state index contributed by atoms with van der Waals surface area (Å²) in [6.07, 6.45) is 0. The summed E-state index contributed by atoms with van der Waals surface area (Å²) in [6.45, 7) is 2.57. The summed E-state index contributed by atoms with van der Waals surface area (Å²) in [5.74, 6) is 0.653. The van der Waals surface area contributed by atoms with Crippen LogP contribution in [0.2, 0.25) is 0 Å². The first-order valence-corrected chi connectivity index (χ1v) is 8.19. The Morgan fingerprint density at radius 2 is 1.60 bits per heavy atom. The topological polar surface area (TPSA) is 50.5 Å². The summed E-state index contributed by atoms with van der Waals surface area (Å²) < 4.78 is 2.71. The van der Waals surface area contributed by atoms with Crippen LogP contribution in [0, 0.1) is 6.92 Å². The maximum absolute atomic E-state index is 12.9. The van der Waals surface area contributed by atoms with Crippen LogP contribution in [0.1, 0.15) is 5.56 Å². The molecule has 3 aromatic rings. The Balaban J connectivity index is 2.09. The molecule has 1 aliphatic rings. The highest BCUT2D eigenvalue weighted by Crippen LogP contribution is 2.40. The van der Waals surface area contributed by atoms with Crippen LogP contribution in [0.15, 0.2) is 46.0 Å². The summed E-state index contributed by atoms with van der Waals surface area (Å²) in [4.78, 5) is 29.2. The first-order valence-electron chi connectivity index (χ1n) is 8.19. The summed E-state index contributed by atoms with van der Waals surface area (Å²) in [6, 6.07) is 12.3. The molecule has 0 amide bonds. The lowest BCUT2D eigenvalue weighted by atomic mass is 10.0. The number of hydrogen-bond acceptors (Lipinski definition) is 4. The molecule has 6 nitrogen and oxygen atoms in total. The molecule has 0 aliphatic carbocycles. The van der Waals surface area contributed by atoms with E-state index in [2.05, 4.69) is 24.3 Å². The van der Waals surface area contributed by atoms with Gasteiger partial charge in [0.25, 0.3) is 5.56 Å². The van der Waals surface area contributed by atoms with Crippen LogP contribution in [-0.2, 0) is 14.1 Å². The van der Waals surface area contributed by atoms with Crippen molar-refractivity contribution in [3.63, 3.8) is 0 Å². The number of nitrogens with zero attached hydrogens (tertiary/aromatic N) is 4. The molecule has 128 valence electrons. The fourth-order valence-electron chi connectivity index (χ4n) is 3.74. The van der Waals surface area contributed by atoms with Crippen molar-refractivity contribution < 1.29 is 0 Å². The largest absolute Gasteiger partial charge is 0.341 e. The van der Waals surface area contributed by atoms with E-state index in [9.17, 15) is 9.59 Å². The van der Waals surface area contributed by atoms with Crippen LogP contribution in [-0.4, -0.2) is 22.9 Å². The molecule has 0 atom stereocenters. The van der Waals surface area contributed by atoms with Crippen molar-refractivity contribution in [2.45, 2.75) is 6.92 Å². The third-order valence-corrected chi connectivity index (χ3v) is 4.97. The molecule has 6 heteroatoms. The Morgan fingerprint density at radius 1 is 0.880 bits per heavy atom. The number of benzene rings is 2. The highest BCUT2D eigenvalue weighted by atomic mass is 16.2. The lowest BCUT2D eigenvalue weighted by Gasteiger charge is -2.23. The van der Waals surface area contributed by atoms with Crippen LogP contribution in [0.25, 0.3) is 10.8 Å². The van der Waals surface area contributed by atoms with Gasteiger partial charge in [0, 0.05) is 26.5 Å². The molecule has 1 aliphatic heterocycles. The quantitative estimate of drug-likeness (QED) is 0.683. The number of fused-ring (bicyclic) bond motifs is 2. The highest BCUT2D eigenvalue weighted by molar-refractivity contribution is 5.99. The zero-order valence-electron chi connectivity index (χ0n) is 14.8. The monoisotopic (exact) mass is 336 g/mol. The lowest BCUT2D eigenvalue weighted by Crippen LogP contribution is -2.38. The molecule has 2 aromatic carbocycles. The summed E-state index contributed by atoms with van der Waals surface area (Å²) >= 11 is 0. The van der Waals surface area contributed by atoms with Gasteiger partial charge in [0.2, 0.25) is 0 Å². The van der Waals surface area contributed by atoms with Crippen molar-refractivity contribution in [3.05, 3.63) is 62.8 Å². The van der Waals surface area contributed by atoms with Gasteiger partial charge in [-0.3, -0.25) is 13.9 Å². The number of anilines is 3. The molecule has 4 rings (SSSR count). The van der Waals surface area contributed by atoms with Crippen LogP contribution < -0.4 is 21.0 Å². The molecule has 0 N–H and O–H groups in total. The maximum atomic E-state index is 12.9. The minimum absolute atomic E-state index is 0.269. The molecule has 0 fully saturated rings. The van der Waals surface area contributed by atoms with Gasteiger partial charge in [-0.05, 0) is 17.9 Å². The first-order chi connectivity index (χ1) is 11.9. The summed E-state index contributed by atoms with van der Waals surface area (Å²) in [5.41, 5.74) is 2.07. The minimum atomic E-state index is -0.313. The Morgan fingerprint density at radius 3 is 2.36 bits per heavy atom. The zero-order valence-corrected chi connectivity index (χ0v) is 14.8. The normalized spacial score (nSPS) is 13.6. The van der Waals surface area contributed by atoms with Gasteiger partial charge < -0.3 is 9.80 Å². The lowest BCUT2D eigenvalue weighted by molar-refractivity contribution is 0.689. The standard InChI is InChI=1S/C19H20N4O2/c1-12-9-10-13-7-5-6-8-14(13)15(12)23-11-20(2)17-16(23)18(24)22(4)19(25)21(17)3/h5-10H,11H2,1-4H3. The molecule has 0 unspecified atom stereocenters. The molecule has 0 saturated heterocycles. The summed E-state index contributed by atoms with van der Waals surface area (Å²) in [5, 5.41) is 2.22. The number of hydrogen-bond donors (Lipinski definition) is 0. The van der Waals surface area contributed by atoms with Crippen LogP contribution in [0.4, 0.5) is 17.2 Å². The van der Waals surface area contributed by atoms with Crippen LogP contribution in [0.3, 0.4) is 0 Å². The smallest absolute Gasteiger partial charge is 0.332 e. The summed E-state index contributed by atoms with van der Waals surface area (Å²) in [7, 11) is 5.13. The van der Waals surface area contributed by atoms with Gasteiger partial charge in [-0.2, -0.15) is 0 Å². The zero-order chi connectivity index (χ0) is 17.9. The van der Waals surface area contributed by atoms with Gasteiger partial charge in [-0.15, -0.1) is 0 Å². The van der Waals surface area contributed by atoms with Gasteiger partial charge in [-0.25, -0.2) is 4.79 Å². The maximum Gasteiger partial charge on any atom is 0.332 e. The molecule has 25 heavy (non-hydrogen) atoms. The second kappa shape index (κ2) is 5.24. The Kier molecular flexibility index (Phi) is 3.25. The molecule has 1 aromatic heterocycles. The van der Waals surface area contributed by atoms with Gasteiger partial charge in [0.1, 0.15) is 5.82 Å². The van der Waals surface area contributed by atoms with E-state index in [1.807, 2.05) is 35.9 Å². The fourth-order valence-corrected chi connectivity index (χ4v) is 3.74. The Labute approximate surface area is 145 Å². The Hall–Kier alpha value is -3.02. The van der Waals surface area contributed by atoms with Crippen molar-refractivity contribution >= 4 is 28.0 Å². The van der Waals surface area contributed by atoms with Crippen molar-refractivity contribution in [2.75, 3.05) is 23.5 Å². The van der Waals surface area contributed by atoms with Crippen molar-refractivity contribution in [3.8, 4) is 0 Å². The SMILES string of the molecule is Cc1ccc2ccccc2c1N1CN(C)c2c1c(=O)n(C)c(=O)n2C. The number of rotatable bonds is 1. The fraction of sp³-hybridized carbons (Fsp3) is 0.263. The first kappa shape index (κ1) is 15.5. The van der Waals surface area contributed by atoms with E-state index in [0.717, 1.165) is 22.0 Å². The Bertz CT molecular complexity index is 1130. The van der Waals surface area contributed by atoms with Gasteiger partial charge in [-0.1, -0.05) is 36.4 Å². The average Bonchev–Trinajstić information content (AvgIpc) is 2.95. The second-order valence-corrected chi connectivity index (χ2v) is 6.60. The number of aromatic nitrogens is 2. The molecule has 0 bridgehead atoms. The second-order valence-electron chi connectivity index (χ2n) is 6.60. The van der Waals surface area contributed by atoms with Gasteiger partial charge >= 0.3 is 5.69 Å². The van der Waals surface area contributed by atoms with Crippen molar-refractivity contribution in [1.82, 2.24) is 9.13 Å². The van der Waals surface area contributed by atoms with E-state index in [-0.39, 0.29) is 11.2 Å². The molecular weight excluding hydrogens is 316 g/mol. The molecule has 0 radical (unpaired) electrons. The average molecular weight is 336 g/mol. The molecule has 0 saturated carbocycles. The number of aryl methyl sites for hydroxylation is 1. The van der Waals surface area contributed by atoms with Crippen molar-refractivity contribution in [2.24, 2.45) is 14.1 Å². The van der Waals surface area contributed by atoms with Crippen LogP contribution >= 0.6 is 0 Å². The predicted octanol–water partition coefficient (Wildman–Crippen LogP) is 2.09. The molecule has 2 heterocycles. The highest BCUT2D eigenvalue weighted by Gasteiger charge is 2.33. The van der Waals surface area contributed by atoms with E-state index in [1.165, 1.54) is 16.2 Å².